The van der Waals surface area contributed by atoms with Gasteiger partial charge in [0.1, 0.15) is 0 Å². The van der Waals surface area contributed by atoms with Crippen molar-refractivity contribution in [1.82, 2.24) is 5.32 Å². The van der Waals surface area contributed by atoms with Crippen LogP contribution in [0.2, 0.25) is 0 Å². The van der Waals surface area contributed by atoms with E-state index >= 15 is 0 Å². The summed E-state index contributed by atoms with van der Waals surface area (Å²) in [7, 11) is 0. The molecule has 0 spiro atoms. The maximum absolute atomic E-state index is 8.51. The zero-order valence-corrected chi connectivity index (χ0v) is 21.7. The molecule has 1 atom stereocenters. The van der Waals surface area contributed by atoms with Gasteiger partial charge in [0.05, 0.1) is 5.71 Å². The molecule has 0 aromatic heterocycles. The van der Waals surface area contributed by atoms with Gasteiger partial charge < -0.3 is 10.7 Å². The zero-order chi connectivity index (χ0) is 24.9. The van der Waals surface area contributed by atoms with Crippen molar-refractivity contribution in [2.24, 2.45) is 5.92 Å². The first-order chi connectivity index (χ1) is 16.3. The highest BCUT2D eigenvalue weighted by Crippen LogP contribution is 2.30. The first-order valence-electron chi connectivity index (χ1n) is 12.2. The van der Waals surface area contributed by atoms with Gasteiger partial charge >= 0.3 is 0 Å². The molecule has 1 aliphatic rings. The molecule has 34 heavy (non-hydrogen) atoms. The van der Waals surface area contributed by atoms with E-state index in [1.165, 1.54) is 16.7 Å². The Morgan fingerprint density at radius 1 is 1.12 bits per heavy atom. The molecule has 0 saturated carbocycles. The molecule has 2 N–H and O–H groups in total. The van der Waals surface area contributed by atoms with Crippen molar-refractivity contribution in [1.29, 1.82) is 5.41 Å². The van der Waals surface area contributed by atoms with Gasteiger partial charge in [-0.3, -0.25) is 0 Å². The lowest BCUT2D eigenvalue weighted by Crippen LogP contribution is -2.09. The highest BCUT2D eigenvalue weighted by molar-refractivity contribution is 6.16. The molecular weight excluding hydrogens is 412 g/mol. The van der Waals surface area contributed by atoms with E-state index in [0.29, 0.717) is 11.6 Å². The number of hydrogen-bond donors (Lipinski definition) is 2. The Hall–Kier alpha value is -3.39. The lowest BCUT2D eigenvalue weighted by atomic mass is 9.87. The van der Waals surface area contributed by atoms with E-state index in [0.717, 1.165) is 35.4 Å². The van der Waals surface area contributed by atoms with Crippen molar-refractivity contribution < 1.29 is 0 Å². The topological polar surface area (TPSA) is 35.9 Å². The molecule has 2 nitrogen and oxygen atoms in total. The lowest BCUT2D eigenvalue weighted by Gasteiger charge is -2.17. The first-order valence-corrected chi connectivity index (χ1v) is 12.2. The van der Waals surface area contributed by atoms with Crippen LogP contribution < -0.4 is 5.32 Å². The molecule has 0 saturated heterocycles. The van der Waals surface area contributed by atoms with Crippen LogP contribution in [0, 0.1) is 18.3 Å². The summed E-state index contributed by atoms with van der Waals surface area (Å²) in [6.45, 7) is 12.7. The third kappa shape index (κ3) is 8.51. The fourth-order valence-electron chi connectivity index (χ4n) is 3.73. The highest BCUT2D eigenvalue weighted by atomic mass is 14.9. The Kier molecular flexibility index (Phi) is 11.1. The summed E-state index contributed by atoms with van der Waals surface area (Å²) in [4.78, 5) is 0. The van der Waals surface area contributed by atoms with Crippen molar-refractivity contribution in [3.05, 3.63) is 125 Å². The minimum atomic E-state index is 0.406. The molecule has 1 unspecified atom stereocenters. The van der Waals surface area contributed by atoms with E-state index in [4.69, 9.17) is 5.41 Å². The second-order valence-electron chi connectivity index (χ2n) is 8.80. The van der Waals surface area contributed by atoms with Gasteiger partial charge in [-0.15, -0.1) is 0 Å². The molecule has 0 heterocycles. The SMILES string of the molecule is C\C=C/C(=C\C=C\CC)N/C(C)=C\CC(C)/C=C/C=C1/C=C(C)C(c2ccccc2C)=CC1=N. The second kappa shape index (κ2) is 14.0. The van der Waals surface area contributed by atoms with E-state index < -0.39 is 0 Å². The van der Waals surface area contributed by atoms with Crippen LogP contribution in [-0.2, 0) is 0 Å². The molecule has 178 valence electrons. The Bertz CT molecular complexity index is 1100. The Balaban J connectivity index is 2.00. The summed E-state index contributed by atoms with van der Waals surface area (Å²) in [5, 5.41) is 12.0. The molecule has 1 aromatic carbocycles. The summed E-state index contributed by atoms with van der Waals surface area (Å²) >= 11 is 0. The quantitative estimate of drug-likeness (QED) is 0.342. The minimum Gasteiger partial charge on any atom is -0.359 e. The van der Waals surface area contributed by atoms with E-state index in [1.807, 2.05) is 19.1 Å². The van der Waals surface area contributed by atoms with Crippen molar-refractivity contribution in [3.8, 4) is 0 Å². The van der Waals surface area contributed by atoms with E-state index in [1.54, 1.807) is 0 Å². The number of aryl methyl sites for hydroxylation is 1. The molecular formula is C32H40N2. The molecule has 0 radical (unpaired) electrons. The molecule has 1 aliphatic carbocycles. The van der Waals surface area contributed by atoms with Gasteiger partial charge in [0, 0.05) is 11.4 Å². The number of nitrogens with one attached hydrogen (secondary N) is 2. The average Bonchev–Trinajstić information content (AvgIpc) is 2.80. The molecule has 2 heteroatoms. The van der Waals surface area contributed by atoms with Crippen molar-refractivity contribution in [3.63, 3.8) is 0 Å². The van der Waals surface area contributed by atoms with Gasteiger partial charge in [-0.1, -0.05) is 80.6 Å². The van der Waals surface area contributed by atoms with Crippen LogP contribution in [0.25, 0.3) is 5.57 Å². The van der Waals surface area contributed by atoms with Gasteiger partial charge in [0.25, 0.3) is 0 Å². The fraction of sp³-hybridized carbons (Fsp3) is 0.281. The fourth-order valence-corrected chi connectivity index (χ4v) is 3.73. The number of hydrogen-bond acceptors (Lipinski definition) is 2. The number of rotatable bonds is 10. The Labute approximate surface area is 207 Å². The predicted octanol–water partition coefficient (Wildman–Crippen LogP) is 8.79. The summed E-state index contributed by atoms with van der Waals surface area (Å²) < 4.78 is 0. The molecule has 0 amide bonds. The van der Waals surface area contributed by atoms with Crippen LogP contribution in [0.15, 0.2) is 114 Å². The normalized spacial score (nSPS) is 17.7. The minimum absolute atomic E-state index is 0.406. The molecule has 0 bridgehead atoms. The summed E-state index contributed by atoms with van der Waals surface area (Å²) in [5.74, 6) is 0.406. The lowest BCUT2D eigenvalue weighted by molar-refractivity contribution is 0.735. The van der Waals surface area contributed by atoms with Crippen LogP contribution in [0.4, 0.5) is 0 Å². The largest absolute Gasteiger partial charge is 0.359 e. The third-order valence-corrected chi connectivity index (χ3v) is 5.68. The van der Waals surface area contributed by atoms with E-state index in [2.05, 4.69) is 119 Å². The molecule has 2 rings (SSSR count). The van der Waals surface area contributed by atoms with E-state index in [9.17, 15) is 0 Å². The molecule has 0 fully saturated rings. The van der Waals surface area contributed by atoms with Crippen molar-refractivity contribution in [2.45, 2.75) is 54.4 Å². The monoisotopic (exact) mass is 452 g/mol. The molecule has 1 aromatic rings. The first kappa shape index (κ1) is 26.9. The van der Waals surface area contributed by atoms with Gasteiger partial charge in [0.2, 0.25) is 0 Å². The third-order valence-electron chi connectivity index (χ3n) is 5.68. The van der Waals surface area contributed by atoms with Crippen LogP contribution in [0.3, 0.4) is 0 Å². The summed E-state index contributed by atoms with van der Waals surface area (Å²) in [6.07, 6.45) is 25.2. The van der Waals surface area contributed by atoms with Crippen molar-refractivity contribution >= 4 is 11.3 Å². The van der Waals surface area contributed by atoms with Crippen LogP contribution in [0.1, 0.15) is 58.6 Å². The number of benzene rings is 1. The van der Waals surface area contributed by atoms with Crippen molar-refractivity contribution in [2.75, 3.05) is 0 Å². The van der Waals surface area contributed by atoms with Crippen LogP contribution >= 0.6 is 0 Å². The highest BCUT2D eigenvalue weighted by Gasteiger charge is 2.14. The van der Waals surface area contributed by atoms with Gasteiger partial charge in [-0.25, -0.2) is 0 Å². The Morgan fingerprint density at radius 2 is 1.88 bits per heavy atom. The standard InChI is InChI=1S/C32H40N2/c1-7-9-10-18-29(14-8-2)34-27(6)21-20-24(3)15-13-17-28-22-26(5)31(23-32(28)33)30-19-12-11-16-25(30)4/h8-19,21-24,33-34H,7,20H2,1-6H3/b10-9+,14-8-,15-13+,27-21-,28-17-,29-18+,33-32?. The average molecular weight is 453 g/mol. The van der Waals surface area contributed by atoms with Gasteiger partial charge in [-0.05, 0) is 98.6 Å². The smallest absolute Gasteiger partial charge is 0.0618 e. The number of allylic oxidation sites excluding steroid dienone is 15. The maximum atomic E-state index is 8.51. The predicted molar refractivity (Wildman–Crippen MR) is 151 cm³/mol. The molecule has 0 aliphatic heterocycles. The maximum Gasteiger partial charge on any atom is 0.0618 e. The van der Waals surface area contributed by atoms with Crippen LogP contribution in [0.5, 0.6) is 0 Å². The zero-order valence-electron chi connectivity index (χ0n) is 21.7. The van der Waals surface area contributed by atoms with Gasteiger partial charge in [0.15, 0.2) is 0 Å². The Morgan fingerprint density at radius 3 is 2.59 bits per heavy atom. The van der Waals surface area contributed by atoms with E-state index in [-0.39, 0.29) is 0 Å². The summed E-state index contributed by atoms with van der Waals surface area (Å²) in [5.41, 5.74) is 8.52. The second-order valence-corrected chi connectivity index (χ2v) is 8.80. The van der Waals surface area contributed by atoms with Crippen LogP contribution in [-0.4, -0.2) is 5.71 Å². The summed E-state index contributed by atoms with van der Waals surface area (Å²) in [6, 6.07) is 8.36. The van der Waals surface area contributed by atoms with Gasteiger partial charge in [-0.2, -0.15) is 0 Å².